The van der Waals surface area contributed by atoms with E-state index in [0.717, 1.165) is 31.6 Å². The van der Waals surface area contributed by atoms with Crippen LogP contribution in [0.4, 0.5) is 10.1 Å². The van der Waals surface area contributed by atoms with E-state index in [1.807, 2.05) is 6.07 Å². The van der Waals surface area contributed by atoms with Crippen molar-refractivity contribution >= 4 is 11.3 Å². The van der Waals surface area contributed by atoms with Crippen LogP contribution in [0, 0.1) is 5.82 Å². The van der Waals surface area contributed by atoms with Crippen molar-refractivity contribution in [3.8, 4) is 17.3 Å². The summed E-state index contributed by atoms with van der Waals surface area (Å²) >= 11 is 0. The number of aryl methyl sites for hydroxylation is 1. The number of fused-ring (bicyclic) bond motifs is 1. The van der Waals surface area contributed by atoms with Crippen molar-refractivity contribution in [1.82, 2.24) is 34.6 Å². The van der Waals surface area contributed by atoms with E-state index >= 15 is 0 Å². The first-order valence-corrected chi connectivity index (χ1v) is 9.42. The molecule has 0 saturated carbocycles. The van der Waals surface area contributed by atoms with Gasteiger partial charge >= 0.3 is 0 Å². The molecule has 29 heavy (non-hydrogen) atoms. The fraction of sp³-hybridized carbons (Fsp3) is 0.316. The van der Waals surface area contributed by atoms with Gasteiger partial charge in [-0.25, -0.2) is 9.37 Å². The van der Waals surface area contributed by atoms with E-state index in [1.54, 1.807) is 36.3 Å². The van der Waals surface area contributed by atoms with Crippen LogP contribution >= 0.6 is 0 Å². The van der Waals surface area contributed by atoms with E-state index in [4.69, 9.17) is 4.74 Å². The summed E-state index contributed by atoms with van der Waals surface area (Å²) in [5, 5.41) is 17.2. The van der Waals surface area contributed by atoms with Crippen molar-refractivity contribution in [1.29, 1.82) is 0 Å². The minimum Gasteiger partial charge on any atom is -0.467 e. The SMILES string of the molecule is Cn1cnc(COc2nn3c(-c4ccccc4F)nnc3cc2N2CCCC2)n1. The summed E-state index contributed by atoms with van der Waals surface area (Å²) in [6.45, 7) is 2.02. The molecule has 148 valence electrons. The number of anilines is 1. The third-order valence-electron chi connectivity index (χ3n) is 4.89. The van der Waals surface area contributed by atoms with Gasteiger partial charge in [0.25, 0.3) is 5.88 Å². The minimum atomic E-state index is -0.382. The van der Waals surface area contributed by atoms with Gasteiger partial charge in [-0.05, 0) is 25.0 Å². The third-order valence-corrected chi connectivity index (χ3v) is 4.89. The molecule has 0 aliphatic carbocycles. The second kappa shape index (κ2) is 7.12. The number of hydrogen-bond donors (Lipinski definition) is 0. The maximum absolute atomic E-state index is 14.3. The van der Waals surface area contributed by atoms with Crippen LogP contribution in [0.25, 0.3) is 17.0 Å². The molecule has 1 saturated heterocycles. The standard InChI is InChI=1S/C19H19FN8O/c1-26-12-21-16(24-26)11-29-19-15(27-8-4-5-9-27)10-17-22-23-18(28(17)25-19)13-6-2-3-7-14(13)20/h2-3,6-7,10,12H,4-5,8-9,11H2,1H3. The highest BCUT2D eigenvalue weighted by Gasteiger charge is 2.22. The van der Waals surface area contributed by atoms with Crippen molar-refractivity contribution in [3.05, 3.63) is 48.3 Å². The summed E-state index contributed by atoms with van der Waals surface area (Å²) in [7, 11) is 1.80. The largest absolute Gasteiger partial charge is 0.467 e. The molecule has 4 heterocycles. The first-order chi connectivity index (χ1) is 14.2. The van der Waals surface area contributed by atoms with Gasteiger partial charge in [0.05, 0.1) is 5.56 Å². The molecule has 0 unspecified atom stereocenters. The lowest BCUT2D eigenvalue weighted by Crippen LogP contribution is -2.20. The molecule has 1 aliphatic rings. The van der Waals surface area contributed by atoms with Crippen LogP contribution < -0.4 is 9.64 Å². The Hall–Kier alpha value is -3.56. The molecule has 0 bridgehead atoms. The third kappa shape index (κ3) is 3.26. The Morgan fingerprint density at radius 3 is 2.69 bits per heavy atom. The van der Waals surface area contributed by atoms with Gasteiger partial charge in [0.2, 0.25) is 0 Å². The molecule has 4 aromatic rings. The topological polar surface area (TPSA) is 86.3 Å². The maximum Gasteiger partial charge on any atom is 0.256 e. The fourth-order valence-electron chi connectivity index (χ4n) is 3.49. The number of aromatic nitrogens is 7. The summed E-state index contributed by atoms with van der Waals surface area (Å²) < 4.78 is 23.4. The van der Waals surface area contributed by atoms with Gasteiger partial charge in [0.15, 0.2) is 23.9 Å². The molecule has 0 atom stereocenters. The number of rotatable bonds is 5. The summed E-state index contributed by atoms with van der Waals surface area (Å²) in [5.41, 5.74) is 1.71. The number of ether oxygens (including phenoxy) is 1. The lowest BCUT2D eigenvalue weighted by Gasteiger charge is -2.20. The Labute approximate surface area is 165 Å². The average molecular weight is 394 g/mol. The van der Waals surface area contributed by atoms with E-state index in [-0.39, 0.29) is 12.4 Å². The van der Waals surface area contributed by atoms with Gasteiger partial charge in [-0.15, -0.1) is 15.3 Å². The first kappa shape index (κ1) is 17.5. The van der Waals surface area contributed by atoms with E-state index in [9.17, 15) is 4.39 Å². The van der Waals surface area contributed by atoms with Gasteiger partial charge in [0, 0.05) is 26.2 Å². The zero-order chi connectivity index (χ0) is 19.8. The zero-order valence-electron chi connectivity index (χ0n) is 15.9. The lowest BCUT2D eigenvalue weighted by atomic mass is 10.2. The van der Waals surface area contributed by atoms with Crippen LogP contribution in [0.2, 0.25) is 0 Å². The van der Waals surface area contributed by atoms with E-state index < -0.39 is 0 Å². The van der Waals surface area contributed by atoms with Crippen molar-refractivity contribution in [2.45, 2.75) is 19.4 Å². The number of hydrogen-bond acceptors (Lipinski definition) is 7. The van der Waals surface area contributed by atoms with Gasteiger partial charge in [-0.2, -0.15) is 9.61 Å². The molecule has 1 fully saturated rings. The van der Waals surface area contributed by atoms with Crippen molar-refractivity contribution in [2.75, 3.05) is 18.0 Å². The fourth-order valence-corrected chi connectivity index (χ4v) is 3.49. The van der Waals surface area contributed by atoms with Gasteiger partial charge in [0.1, 0.15) is 17.8 Å². The lowest BCUT2D eigenvalue weighted by molar-refractivity contribution is 0.280. The van der Waals surface area contributed by atoms with Crippen molar-refractivity contribution in [2.24, 2.45) is 7.05 Å². The summed E-state index contributed by atoms with van der Waals surface area (Å²) in [4.78, 5) is 6.41. The molecule has 0 N–H and O–H groups in total. The molecule has 10 heteroatoms. The summed E-state index contributed by atoms with van der Waals surface area (Å²) in [6.07, 6.45) is 3.84. The predicted molar refractivity (Wildman–Crippen MR) is 103 cm³/mol. The van der Waals surface area contributed by atoms with Crippen LogP contribution in [0.15, 0.2) is 36.7 Å². The van der Waals surface area contributed by atoms with Gasteiger partial charge in [-0.3, -0.25) is 4.68 Å². The van der Waals surface area contributed by atoms with Crippen LogP contribution in [0.5, 0.6) is 5.88 Å². The number of halogens is 1. The first-order valence-electron chi connectivity index (χ1n) is 9.42. The monoisotopic (exact) mass is 394 g/mol. The van der Waals surface area contributed by atoms with Crippen LogP contribution in [0.1, 0.15) is 18.7 Å². The molecule has 1 aromatic carbocycles. The maximum atomic E-state index is 14.3. The molecule has 0 radical (unpaired) electrons. The Kier molecular flexibility index (Phi) is 4.30. The molecule has 1 aliphatic heterocycles. The average Bonchev–Trinajstić information content (AvgIpc) is 3.47. The Bertz CT molecular complexity index is 1160. The molecule has 9 nitrogen and oxygen atoms in total. The highest BCUT2D eigenvalue weighted by molar-refractivity contribution is 5.66. The molecule has 0 spiro atoms. The number of benzene rings is 1. The van der Waals surface area contributed by atoms with E-state index in [1.165, 1.54) is 10.6 Å². The Morgan fingerprint density at radius 1 is 1.10 bits per heavy atom. The van der Waals surface area contributed by atoms with Gasteiger partial charge in [-0.1, -0.05) is 12.1 Å². The minimum absolute atomic E-state index is 0.178. The molecular weight excluding hydrogens is 375 g/mol. The predicted octanol–water partition coefficient (Wildman–Crippen LogP) is 2.24. The quantitative estimate of drug-likeness (QED) is 0.513. The van der Waals surface area contributed by atoms with Crippen molar-refractivity contribution < 1.29 is 9.13 Å². The van der Waals surface area contributed by atoms with Crippen LogP contribution in [-0.4, -0.2) is 47.7 Å². The van der Waals surface area contributed by atoms with Crippen molar-refractivity contribution in [3.63, 3.8) is 0 Å². The second-order valence-electron chi connectivity index (χ2n) is 6.93. The zero-order valence-corrected chi connectivity index (χ0v) is 15.9. The highest BCUT2D eigenvalue weighted by atomic mass is 19.1. The van der Waals surface area contributed by atoms with Crippen LogP contribution in [-0.2, 0) is 13.7 Å². The highest BCUT2D eigenvalue weighted by Crippen LogP contribution is 2.32. The van der Waals surface area contributed by atoms with Crippen LogP contribution in [0.3, 0.4) is 0 Å². The van der Waals surface area contributed by atoms with E-state index in [2.05, 4.69) is 30.3 Å². The molecular formula is C19H19FN8O. The summed E-state index contributed by atoms with van der Waals surface area (Å²) in [5.74, 6) is 0.920. The summed E-state index contributed by atoms with van der Waals surface area (Å²) in [6, 6.07) is 8.31. The molecule has 0 amide bonds. The Morgan fingerprint density at radius 2 is 1.93 bits per heavy atom. The smallest absolute Gasteiger partial charge is 0.256 e. The normalized spacial score (nSPS) is 14.1. The molecule has 5 rings (SSSR count). The second-order valence-corrected chi connectivity index (χ2v) is 6.93. The molecule has 3 aromatic heterocycles. The number of nitrogens with zero attached hydrogens (tertiary/aromatic N) is 8. The Balaban J connectivity index is 1.58. The van der Waals surface area contributed by atoms with E-state index in [0.29, 0.717) is 28.7 Å². The van der Waals surface area contributed by atoms with Gasteiger partial charge < -0.3 is 9.64 Å².